The average Bonchev–Trinajstić information content (AvgIpc) is 2.83. The van der Waals surface area contributed by atoms with Crippen LogP contribution in [0.3, 0.4) is 0 Å². The first-order valence-electron chi connectivity index (χ1n) is 12.0. The van der Waals surface area contributed by atoms with Crippen molar-refractivity contribution in [3.05, 3.63) is 70.1 Å². The lowest BCUT2D eigenvalue weighted by molar-refractivity contribution is -0.151. The fourth-order valence-electron chi connectivity index (χ4n) is 4.81. The van der Waals surface area contributed by atoms with Gasteiger partial charge in [-0.15, -0.1) is 0 Å². The van der Waals surface area contributed by atoms with E-state index in [4.69, 9.17) is 9.15 Å². The molecule has 1 aliphatic rings. The van der Waals surface area contributed by atoms with E-state index in [9.17, 15) is 14.4 Å². The molecular formula is C28H31NO5. The predicted molar refractivity (Wildman–Crippen MR) is 131 cm³/mol. The van der Waals surface area contributed by atoms with Gasteiger partial charge in [-0.3, -0.25) is 9.59 Å². The highest BCUT2D eigenvalue weighted by Crippen LogP contribution is 2.30. The van der Waals surface area contributed by atoms with Crippen molar-refractivity contribution < 1.29 is 18.7 Å². The van der Waals surface area contributed by atoms with Gasteiger partial charge in [-0.2, -0.15) is 0 Å². The molecule has 1 aliphatic heterocycles. The Bertz CT molecular complexity index is 1260. The van der Waals surface area contributed by atoms with Crippen molar-refractivity contribution in [2.75, 3.05) is 19.7 Å². The Morgan fingerprint density at radius 2 is 1.94 bits per heavy atom. The van der Waals surface area contributed by atoms with Crippen molar-refractivity contribution in [1.82, 2.24) is 4.90 Å². The van der Waals surface area contributed by atoms with Crippen molar-refractivity contribution in [2.24, 2.45) is 11.8 Å². The van der Waals surface area contributed by atoms with Crippen LogP contribution in [0.25, 0.3) is 22.1 Å². The predicted octanol–water partition coefficient (Wildman–Crippen LogP) is 4.75. The van der Waals surface area contributed by atoms with Gasteiger partial charge < -0.3 is 14.1 Å². The topological polar surface area (TPSA) is 76.8 Å². The third-order valence-electron chi connectivity index (χ3n) is 6.56. The van der Waals surface area contributed by atoms with Crippen LogP contribution in [0.2, 0.25) is 0 Å². The van der Waals surface area contributed by atoms with E-state index >= 15 is 0 Å². The average molecular weight is 462 g/mol. The van der Waals surface area contributed by atoms with Gasteiger partial charge in [0.05, 0.1) is 12.5 Å². The van der Waals surface area contributed by atoms with Crippen LogP contribution in [0.5, 0.6) is 0 Å². The number of fused-ring (bicyclic) bond motifs is 1. The molecule has 1 amide bonds. The van der Waals surface area contributed by atoms with E-state index in [0.29, 0.717) is 31.7 Å². The van der Waals surface area contributed by atoms with Gasteiger partial charge in [0.1, 0.15) is 5.58 Å². The molecule has 0 saturated carbocycles. The Kier molecular flexibility index (Phi) is 7.15. The van der Waals surface area contributed by atoms with Crippen molar-refractivity contribution in [3.8, 4) is 11.1 Å². The molecule has 4 rings (SSSR count). The maximum Gasteiger partial charge on any atom is 0.336 e. The van der Waals surface area contributed by atoms with Gasteiger partial charge in [-0.05, 0) is 55.9 Å². The minimum absolute atomic E-state index is 0.0317. The van der Waals surface area contributed by atoms with Crippen molar-refractivity contribution in [1.29, 1.82) is 0 Å². The van der Waals surface area contributed by atoms with Gasteiger partial charge in [-0.1, -0.05) is 43.3 Å². The molecule has 0 spiro atoms. The number of benzene rings is 2. The molecule has 0 bridgehead atoms. The van der Waals surface area contributed by atoms with E-state index in [1.807, 2.05) is 56.3 Å². The Morgan fingerprint density at radius 1 is 1.15 bits per heavy atom. The minimum Gasteiger partial charge on any atom is -0.466 e. The molecule has 0 aliphatic carbocycles. The number of rotatable bonds is 6. The molecule has 1 fully saturated rings. The summed E-state index contributed by atoms with van der Waals surface area (Å²) in [6.45, 7) is 7.13. The molecule has 0 radical (unpaired) electrons. The number of aryl methyl sites for hydroxylation is 1. The van der Waals surface area contributed by atoms with Crippen LogP contribution in [-0.4, -0.2) is 36.5 Å². The second-order valence-electron chi connectivity index (χ2n) is 9.11. The number of nitrogens with zero attached hydrogens (tertiary/aromatic N) is 1. The normalized spacial score (nSPS) is 16.9. The first kappa shape index (κ1) is 23.7. The molecule has 2 aromatic carbocycles. The summed E-state index contributed by atoms with van der Waals surface area (Å²) in [7, 11) is 0. The van der Waals surface area contributed by atoms with E-state index in [1.54, 1.807) is 11.8 Å². The van der Waals surface area contributed by atoms with Crippen LogP contribution < -0.4 is 5.63 Å². The summed E-state index contributed by atoms with van der Waals surface area (Å²) in [6, 6.07) is 15.3. The number of hydrogen-bond acceptors (Lipinski definition) is 5. The summed E-state index contributed by atoms with van der Waals surface area (Å²) in [5, 5.41) is 0.866. The first-order chi connectivity index (χ1) is 16.4. The smallest absolute Gasteiger partial charge is 0.336 e. The third kappa shape index (κ3) is 5.06. The van der Waals surface area contributed by atoms with Gasteiger partial charge in [-0.25, -0.2) is 4.79 Å². The number of amides is 1. The molecule has 178 valence electrons. The van der Waals surface area contributed by atoms with E-state index in [2.05, 4.69) is 0 Å². The molecule has 6 heteroatoms. The molecule has 0 N–H and O–H groups in total. The van der Waals surface area contributed by atoms with Crippen LogP contribution in [0, 0.1) is 18.8 Å². The van der Waals surface area contributed by atoms with Crippen molar-refractivity contribution >= 4 is 22.8 Å². The van der Waals surface area contributed by atoms with Gasteiger partial charge in [0, 0.05) is 36.0 Å². The minimum atomic E-state index is -0.398. The molecule has 2 atom stereocenters. The molecule has 3 aromatic rings. The summed E-state index contributed by atoms with van der Waals surface area (Å²) < 4.78 is 10.7. The second kappa shape index (κ2) is 10.2. The summed E-state index contributed by atoms with van der Waals surface area (Å²) in [5.74, 6) is -0.699. The summed E-state index contributed by atoms with van der Waals surface area (Å²) in [5.41, 5.74) is 3.97. The van der Waals surface area contributed by atoms with Crippen LogP contribution in [0.15, 0.2) is 57.7 Å². The summed E-state index contributed by atoms with van der Waals surface area (Å²) in [4.78, 5) is 39.3. The molecule has 34 heavy (non-hydrogen) atoms. The van der Waals surface area contributed by atoms with Gasteiger partial charge in [0.25, 0.3) is 0 Å². The quantitative estimate of drug-likeness (QED) is 0.391. The Morgan fingerprint density at radius 3 is 2.71 bits per heavy atom. The maximum absolute atomic E-state index is 13.1. The zero-order chi connectivity index (χ0) is 24.2. The van der Waals surface area contributed by atoms with Crippen LogP contribution >= 0.6 is 0 Å². The fourth-order valence-corrected chi connectivity index (χ4v) is 4.81. The Balaban J connectivity index is 1.53. The number of carbonyl (C=O) groups excluding carboxylic acids is 2. The number of esters is 1. The Labute approximate surface area is 199 Å². The molecule has 1 saturated heterocycles. The highest BCUT2D eigenvalue weighted by atomic mass is 16.5. The van der Waals surface area contributed by atoms with Crippen LogP contribution in [0.4, 0.5) is 0 Å². The summed E-state index contributed by atoms with van der Waals surface area (Å²) >= 11 is 0. The van der Waals surface area contributed by atoms with Gasteiger partial charge >= 0.3 is 11.6 Å². The van der Waals surface area contributed by atoms with Crippen LogP contribution in [0.1, 0.15) is 37.8 Å². The number of likely N-dealkylation sites (tertiary alicyclic amines) is 1. The molecule has 1 aromatic heterocycles. The standard InChI is InChI=1S/C28H31NO5/c1-4-33-28(32)21-9-7-13-29(17-21)27(31)19(3)14-20-11-12-23-24(16-26(30)34-25(23)15-20)22-10-6-5-8-18(22)2/h5-6,8,10-12,15-16,19,21H,4,7,9,13-14,17H2,1-3H3/t19-,21+/m1/s1. The van der Waals surface area contributed by atoms with E-state index in [-0.39, 0.29) is 23.7 Å². The molecular weight excluding hydrogens is 430 g/mol. The second-order valence-corrected chi connectivity index (χ2v) is 9.11. The lowest BCUT2D eigenvalue weighted by Crippen LogP contribution is -2.45. The number of carbonyl (C=O) groups is 2. The SMILES string of the molecule is CCOC(=O)[C@H]1CCCN(C(=O)[C@H](C)Cc2ccc3c(-c4ccccc4C)cc(=O)oc3c2)C1. The van der Waals surface area contributed by atoms with Crippen LogP contribution in [-0.2, 0) is 20.7 Å². The summed E-state index contributed by atoms with van der Waals surface area (Å²) in [6.07, 6.45) is 2.07. The zero-order valence-electron chi connectivity index (χ0n) is 20.0. The van der Waals surface area contributed by atoms with Crippen molar-refractivity contribution in [3.63, 3.8) is 0 Å². The molecule has 2 heterocycles. The molecule has 0 unspecified atom stereocenters. The lowest BCUT2D eigenvalue weighted by Gasteiger charge is -2.33. The largest absolute Gasteiger partial charge is 0.466 e. The fraction of sp³-hybridized carbons (Fsp3) is 0.393. The maximum atomic E-state index is 13.1. The number of hydrogen-bond donors (Lipinski definition) is 0. The highest BCUT2D eigenvalue weighted by molar-refractivity contribution is 5.94. The third-order valence-corrected chi connectivity index (χ3v) is 6.56. The first-order valence-corrected chi connectivity index (χ1v) is 12.0. The zero-order valence-corrected chi connectivity index (χ0v) is 20.0. The molecule has 6 nitrogen and oxygen atoms in total. The van der Waals surface area contributed by atoms with E-state index < -0.39 is 5.63 Å². The van der Waals surface area contributed by atoms with Crippen molar-refractivity contribution in [2.45, 2.75) is 40.0 Å². The Hall–Kier alpha value is -3.41. The lowest BCUT2D eigenvalue weighted by atomic mass is 9.93. The number of piperidine rings is 1. The van der Waals surface area contributed by atoms with E-state index in [0.717, 1.165) is 40.5 Å². The van der Waals surface area contributed by atoms with E-state index in [1.165, 1.54) is 6.07 Å². The van der Waals surface area contributed by atoms with Gasteiger partial charge in [0.15, 0.2) is 0 Å². The monoisotopic (exact) mass is 461 g/mol. The number of ether oxygens (including phenoxy) is 1. The van der Waals surface area contributed by atoms with Gasteiger partial charge in [0.2, 0.25) is 5.91 Å². The highest BCUT2D eigenvalue weighted by Gasteiger charge is 2.31.